The Kier molecular flexibility index (Phi) is 16.1. The van der Waals surface area contributed by atoms with E-state index in [4.69, 9.17) is 18.9 Å². The van der Waals surface area contributed by atoms with E-state index in [9.17, 15) is 19.2 Å². The first-order valence-corrected chi connectivity index (χ1v) is 9.59. The highest BCUT2D eigenvalue weighted by Gasteiger charge is 2.43. The number of carbonyl (C=O) groups excluding carboxylic acids is 4. The van der Waals surface area contributed by atoms with Crippen molar-refractivity contribution in [2.24, 2.45) is 11.3 Å². The molecule has 0 rings (SSSR count). The largest absolute Gasteiger partial charge is 0.465 e. The monoisotopic (exact) mass is 414 g/mol. The molecular formula is C21H34O8. The van der Waals surface area contributed by atoms with Crippen LogP contribution in [0.2, 0.25) is 0 Å². The summed E-state index contributed by atoms with van der Waals surface area (Å²) in [5.74, 6) is -3.10. The molecule has 0 bridgehead atoms. The van der Waals surface area contributed by atoms with Crippen LogP contribution in [0.3, 0.4) is 0 Å². The molecule has 0 fully saturated rings. The van der Waals surface area contributed by atoms with Crippen LogP contribution in [-0.2, 0) is 38.1 Å². The van der Waals surface area contributed by atoms with Gasteiger partial charge in [-0.2, -0.15) is 0 Å². The molecule has 0 saturated carbocycles. The lowest BCUT2D eigenvalue weighted by atomic mass is 9.87. The van der Waals surface area contributed by atoms with Gasteiger partial charge in [-0.15, -0.1) is 13.2 Å². The SMILES string of the molecule is C=CCC(C(=O)OCC)C(=O)OCC.C=CCC(C)(C(=O)OCC)C(=O)OCC. The molecule has 0 aromatic rings. The molecule has 0 saturated heterocycles. The minimum atomic E-state index is -1.27. The van der Waals surface area contributed by atoms with Gasteiger partial charge in [-0.3, -0.25) is 19.2 Å². The van der Waals surface area contributed by atoms with Crippen LogP contribution in [0.1, 0.15) is 47.5 Å². The summed E-state index contributed by atoms with van der Waals surface area (Å²) in [6.45, 7) is 16.2. The van der Waals surface area contributed by atoms with Crippen molar-refractivity contribution >= 4 is 23.9 Å². The quantitative estimate of drug-likeness (QED) is 0.208. The van der Waals surface area contributed by atoms with Crippen LogP contribution in [0.5, 0.6) is 0 Å². The zero-order valence-corrected chi connectivity index (χ0v) is 18.2. The van der Waals surface area contributed by atoms with Crippen molar-refractivity contribution in [2.45, 2.75) is 47.5 Å². The fourth-order valence-electron chi connectivity index (χ4n) is 2.06. The Bertz CT molecular complexity index is 517. The first kappa shape index (κ1) is 28.6. The van der Waals surface area contributed by atoms with Crippen LogP contribution in [-0.4, -0.2) is 50.3 Å². The van der Waals surface area contributed by atoms with Gasteiger partial charge in [0.25, 0.3) is 0 Å². The molecule has 166 valence electrons. The third-order valence-electron chi connectivity index (χ3n) is 3.55. The van der Waals surface area contributed by atoms with Crippen LogP contribution >= 0.6 is 0 Å². The van der Waals surface area contributed by atoms with E-state index < -0.39 is 35.2 Å². The molecule has 8 heteroatoms. The van der Waals surface area contributed by atoms with Gasteiger partial charge >= 0.3 is 23.9 Å². The van der Waals surface area contributed by atoms with Crippen LogP contribution < -0.4 is 0 Å². The smallest absolute Gasteiger partial charge is 0.323 e. The molecule has 0 amide bonds. The maximum absolute atomic E-state index is 11.6. The van der Waals surface area contributed by atoms with Gasteiger partial charge in [0.15, 0.2) is 11.3 Å². The average molecular weight is 414 g/mol. The van der Waals surface area contributed by atoms with Gasteiger partial charge in [-0.05, 0) is 47.5 Å². The number of allylic oxidation sites excluding steroid dienone is 2. The highest BCUT2D eigenvalue weighted by molar-refractivity contribution is 5.99. The minimum Gasteiger partial charge on any atom is -0.465 e. The summed E-state index contributed by atoms with van der Waals surface area (Å²) in [5.41, 5.74) is -1.27. The van der Waals surface area contributed by atoms with Crippen molar-refractivity contribution in [2.75, 3.05) is 26.4 Å². The zero-order chi connectivity index (χ0) is 22.9. The Morgan fingerprint density at radius 2 is 1.14 bits per heavy atom. The molecule has 0 aliphatic heterocycles. The van der Waals surface area contributed by atoms with Crippen LogP contribution in [0.15, 0.2) is 25.3 Å². The summed E-state index contributed by atoms with van der Waals surface area (Å²) in [6, 6.07) is 0. The summed E-state index contributed by atoms with van der Waals surface area (Å²) in [5, 5.41) is 0. The van der Waals surface area contributed by atoms with Crippen molar-refractivity contribution in [3.05, 3.63) is 25.3 Å². The Morgan fingerprint density at radius 3 is 1.41 bits per heavy atom. The summed E-state index contributed by atoms with van der Waals surface area (Å²) in [4.78, 5) is 45.8. The molecule has 8 nitrogen and oxygen atoms in total. The molecule has 29 heavy (non-hydrogen) atoms. The Morgan fingerprint density at radius 1 is 0.759 bits per heavy atom. The molecule has 0 N–H and O–H groups in total. The topological polar surface area (TPSA) is 105 Å². The molecule has 0 heterocycles. The Labute approximate surface area is 173 Å². The molecule has 0 aromatic heterocycles. The Balaban J connectivity index is 0. The number of rotatable bonds is 12. The lowest BCUT2D eigenvalue weighted by Gasteiger charge is -2.23. The van der Waals surface area contributed by atoms with Crippen molar-refractivity contribution < 1.29 is 38.1 Å². The first-order chi connectivity index (χ1) is 13.7. The van der Waals surface area contributed by atoms with Gasteiger partial charge in [0.2, 0.25) is 0 Å². The molecule has 0 unspecified atom stereocenters. The average Bonchev–Trinajstić information content (AvgIpc) is 2.67. The molecule has 0 aromatic carbocycles. The van der Waals surface area contributed by atoms with Gasteiger partial charge in [-0.25, -0.2) is 0 Å². The Hall–Kier alpha value is -2.64. The van der Waals surface area contributed by atoms with Crippen molar-refractivity contribution in [3.63, 3.8) is 0 Å². The maximum atomic E-state index is 11.6. The molecule has 0 radical (unpaired) electrons. The molecular weight excluding hydrogens is 380 g/mol. The van der Waals surface area contributed by atoms with Gasteiger partial charge in [-0.1, -0.05) is 12.2 Å². The van der Waals surface area contributed by atoms with Gasteiger partial charge in [0.05, 0.1) is 26.4 Å². The van der Waals surface area contributed by atoms with Crippen LogP contribution in [0.25, 0.3) is 0 Å². The number of hydrogen-bond acceptors (Lipinski definition) is 8. The molecule has 0 aliphatic carbocycles. The van der Waals surface area contributed by atoms with E-state index in [-0.39, 0.29) is 39.3 Å². The van der Waals surface area contributed by atoms with Crippen molar-refractivity contribution in [1.29, 1.82) is 0 Å². The summed E-state index contributed by atoms with van der Waals surface area (Å²) < 4.78 is 19.2. The summed E-state index contributed by atoms with van der Waals surface area (Å²) in [7, 11) is 0. The highest BCUT2D eigenvalue weighted by Crippen LogP contribution is 2.25. The third-order valence-corrected chi connectivity index (χ3v) is 3.55. The normalized spacial score (nSPS) is 10.1. The van der Waals surface area contributed by atoms with E-state index in [1.54, 1.807) is 27.7 Å². The van der Waals surface area contributed by atoms with Gasteiger partial charge < -0.3 is 18.9 Å². The second-order valence-electron chi connectivity index (χ2n) is 5.85. The number of carbonyl (C=O) groups is 4. The lowest BCUT2D eigenvalue weighted by molar-refractivity contribution is -0.170. The molecule has 0 atom stereocenters. The van der Waals surface area contributed by atoms with Crippen molar-refractivity contribution in [3.8, 4) is 0 Å². The third kappa shape index (κ3) is 10.5. The van der Waals surface area contributed by atoms with E-state index in [0.29, 0.717) is 0 Å². The van der Waals surface area contributed by atoms with Crippen LogP contribution in [0.4, 0.5) is 0 Å². The van der Waals surface area contributed by atoms with Gasteiger partial charge in [0, 0.05) is 0 Å². The lowest BCUT2D eigenvalue weighted by Crippen LogP contribution is -2.39. The number of hydrogen-bond donors (Lipinski definition) is 0. The standard InChI is InChI=1S/C11H18O4.C10H16O4/c1-5-8-11(4,9(12)14-6-2)10(13)15-7-3;1-4-7-8(9(11)13-5-2)10(12)14-6-3/h5H,1,6-8H2,2-4H3;4,8H,1,5-7H2,2-3H3. The number of esters is 4. The second-order valence-corrected chi connectivity index (χ2v) is 5.85. The summed E-state index contributed by atoms with van der Waals surface area (Å²) >= 11 is 0. The van der Waals surface area contributed by atoms with Crippen molar-refractivity contribution in [1.82, 2.24) is 0 Å². The van der Waals surface area contributed by atoms with E-state index in [1.165, 1.54) is 19.1 Å². The summed E-state index contributed by atoms with van der Waals surface area (Å²) in [6.07, 6.45) is 3.47. The van der Waals surface area contributed by atoms with E-state index in [1.807, 2.05) is 0 Å². The first-order valence-electron chi connectivity index (χ1n) is 9.59. The van der Waals surface area contributed by atoms with E-state index in [2.05, 4.69) is 13.2 Å². The second kappa shape index (κ2) is 16.3. The molecule has 0 spiro atoms. The highest BCUT2D eigenvalue weighted by atomic mass is 16.6. The zero-order valence-electron chi connectivity index (χ0n) is 18.2. The van der Waals surface area contributed by atoms with Gasteiger partial charge in [0.1, 0.15) is 0 Å². The molecule has 0 aliphatic rings. The maximum Gasteiger partial charge on any atom is 0.323 e. The minimum absolute atomic E-state index is 0.213. The fourth-order valence-corrected chi connectivity index (χ4v) is 2.06. The predicted octanol–water partition coefficient (Wildman–Crippen LogP) is 3.00. The predicted molar refractivity (Wildman–Crippen MR) is 108 cm³/mol. The van der Waals surface area contributed by atoms with E-state index in [0.717, 1.165) is 0 Å². The number of ether oxygens (including phenoxy) is 4. The fraction of sp³-hybridized carbons (Fsp3) is 0.619. The van der Waals surface area contributed by atoms with E-state index >= 15 is 0 Å². The van der Waals surface area contributed by atoms with Crippen LogP contribution in [0, 0.1) is 11.3 Å².